The highest BCUT2D eigenvalue weighted by Crippen LogP contribution is 2.21. The lowest BCUT2D eigenvalue weighted by Crippen LogP contribution is -2.27. The maximum atomic E-state index is 13.7. The van der Waals surface area contributed by atoms with Gasteiger partial charge in [0.15, 0.2) is 0 Å². The molecular weight excluding hydrogens is 348 g/mol. The summed E-state index contributed by atoms with van der Waals surface area (Å²) in [5, 5.41) is 4.40. The Labute approximate surface area is 141 Å². The van der Waals surface area contributed by atoms with Gasteiger partial charge in [-0.25, -0.2) is 9.18 Å². The molecule has 0 bridgehead atoms. The van der Waals surface area contributed by atoms with Crippen LogP contribution in [0.1, 0.15) is 20.8 Å². The van der Waals surface area contributed by atoms with E-state index in [1.54, 1.807) is 20.8 Å². The fraction of sp³-hybridized carbons (Fsp3) is 0.467. The number of hydrogen-bond donors (Lipinski definition) is 2. The fourth-order valence-corrected chi connectivity index (χ4v) is 1.57. The molecule has 0 aliphatic carbocycles. The smallest absolute Gasteiger partial charge is 0.412 e. The van der Waals surface area contributed by atoms with E-state index in [2.05, 4.69) is 15.4 Å². The van der Waals surface area contributed by atoms with Crippen LogP contribution < -0.4 is 10.6 Å². The predicted octanol–water partition coefficient (Wildman–Crippen LogP) is 3.69. The molecule has 0 aliphatic heterocycles. The molecule has 0 heterocycles. The van der Waals surface area contributed by atoms with E-state index in [0.717, 1.165) is 12.1 Å². The summed E-state index contributed by atoms with van der Waals surface area (Å²) in [6.45, 7) is 2.48. The SMILES string of the molecule is CC(C)(C)OC(=O)Nc1ccc(F)c(NC(=O)COCC(F)(F)F)c1. The quantitative estimate of drug-likeness (QED) is 0.780. The zero-order valence-corrected chi connectivity index (χ0v) is 13.8. The van der Waals surface area contributed by atoms with Crippen molar-refractivity contribution in [3.63, 3.8) is 0 Å². The topological polar surface area (TPSA) is 76.7 Å². The van der Waals surface area contributed by atoms with Crippen LogP contribution in [-0.2, 0) is 14.3 Å². The Bertz CT molecular complexity index is 627. The van der Waals surface area contributed by atoms with E-state index in [1.165, 1.54) is 6.07 Å². The van der Waals surface area contributed by atoms with Gasteiger partial charge < -0.3 is 14.8 Å². The van der Waals surface area contributed by atoms with Gasteiger partial charge in [0.25, 0.3) is 0 Å². The third-order valence-corrected chi connectivity index (χ3v) is 2.38. The van der Waals surface area contributed by atoms with E-state index in [4.69, 9.17) is 4.74 Å². The summed E-state index contributed by atoms with van der Waals surface area (Å²) in [4.78, 5) is 23.1. The van der Waals surface area contributed by atoms with Crippen LogP contribution in [0.2, 0.25) is 0 Å². The van der Waals surface area contributed by atoms with Crippen LogP contribution in [0.5, 0.6) is 0 Å². The molecule has 140 valence electrons. The number of hydrogen-bond acceptors (Lipinski definition) is 4. The van der Waals surface area contributed by atoms with Crippen LogP contribution in [0.15, 0.2) is 18.2 Å². The molecule has 2 N–H and O–H groups in total. The van der Waals surface area contributed by atoms with E-state index in [-0.39, 0.29) is 11.4 Å². The molecule has 6 nitrogen and oxygen atoms in total. The van der Waals surface area contributed by atoms with Crippen molar-refractivity contribution in [2.75, 3.05) is 23.8 Å². The first-order chi connectivity index (χ1) is 11.4. The highest BCUT2D eigenvalue weighted by molar-refractivity contribution is 5.93. The van der Waals surface area contributed by atoms with E-state index in [0.29, 0.717) is 0 Å². The molecule has 1 rings (SSSR count). The molecule has 0 saturated carbocycles. The van der Waals surface area contributed by atoms with Crippen molar-refractivity contribution in [1.82, 2.24) is 0 Å². The molecule has 0 atom stereocenters. The van der Waals surface area contributed by atoms with Gasteiger partial charge in [0.2, 0.25) is 5.91 Å². The van der Waals surface area contributed by atoms with E-state index in [1.807, 2.05) is 0 Å². The molecule has 1 aromatic carbocycles. The molecule has 0 aromatic heterocycles. The van der Waals surface area contributed by atoms with Gasteiger partial charge in [-0.05, 0) is 39.0 Å². The van der Waals surface area contributed by atoms with Crippen molar-refractivity contribution in [3.8, 4) is 0 Å². The van der Waals surface area contributed by atoms with Crippen LogP contribution in [0.25, 0.3) is 0 Å². The van der Waals surface area contributed by atoms with Gasteiger partial charge in [0, 0.05) is 5.69 Å². The minimum atomic E-state index is -4.57. The van der Waals surface area contributed by atoms with Crippen LogP contribution in [0, 0.1) is 5.82 Å². The number of ether oxygens (including phenoxy) is 2. The number of amides is 2. The molecule has 0 radical (unpaired) electrons. The molecule has 0 saturated heterocycles. The van der Waals surface area contributed by atoms with Gasteiger partial charge in [0.1, 0.15) is 24.6 Å². The van der Waals surface area contributed by atoms with Gasteiger partial charge in [-0.2, -0.15) is 13.2 Å². The Morgan fingerprint density at radius 2 is 1.76 bits per heavy atom. The maximum absolute atomic E-state index is 13.7. The number of nitrogens with one attached hydrogen (secondary N) is 2. The first kappa shape index (κ1) is 20.7. The molecule has 0 aliphatic rings. The molecule has 25 heavy (non-hydrogen) atoms. The molecular formula is C15H18F4N2O4. The standard InChI is InChI=1S/C15H18F4N2O4/c1-14(2,3)25-13(23)20-9-4-5-10(16)11(6-9)21-12(22)7-24-8-15(17,18)19/h4-6H,7-8H2,1-3H3,(H,20,23)(H,21,22). The zero-order chi connectivity index (χ0) is 19.3. The second-order valence-electron chi connectivity index (χ2n) is 5.98. The number of benzene rings is 1. The summed E-state index contributed by atoms with van der Waals surface area (Å²) in [5.74, 6) is -1.81. The molecule has 2 amide bonds. The maximum Gasteiger partial charge on any atom is 0.412 e. The van der Waals surface area contributed by atoms with Gasteiger partial charge >= 0.3 is 12.3 Å². The van der Waals surface area contributed by atoms with Crippen molar-refractivity contribution in [2.45, 2.75) is 32.5 Å². The molecule has 10 heteroatoms. The second-order valence-corrected chi connectivity index (χ2v) is 5.98. The number of carbonyl (C=O) groups is 2. The summed E-state index contributed by atoms with van der Waals surface area (Å²) >= 11 is 0. The largest absolute Gasteiger partial charge is 0.444 e. The molecule has 0 fully saturated rings. The minimum Gasteiger partial charge on any atom is -0.444 e. The third kappa shape index (κ3) is 8.89. The van der Waals surface area contributed by atoms with Crippen LogP contribution in [0.3, 0.4) is 0 Å². The van der Waals surface area contributed by atoms with Gasteiger partial charge in [-0.15, -0.1) is 0 Å². The van der Waals surface area contributed by atoms with Crippen molar-refractivity contribution in [3.05, 3.63) is 24.0 Å². The number of alkyl halides is 3. The highest BCUT2D eigenvalue weighted by atomic mass is 19.4. The Morgan fingerprint density at radius 1 is 1.12 bits per heavy atom. The lowest BCUT2D eigenvalue weighted by atomic mass is 10.2. The number of rotatable bonds is 5. The van der Waals surface area contributed by atoms with Crippen LogP contribution in [-0.4, -0.2) is 37.0 Å². The van der Waals surface area contributed by atoms with Crippen molar-refractivity contribution in [2.24, 2.45) is 0 Å². The minimum absolute atomic E-state index is 0.127. The number of carbonyl (C=O) groups excluding carboxylic acids is 2. The van der Waals surface area contributed by atoms with Gasteiger partial charge in [-0.1, -0.05) is 0 Å². The Balaban J connectivity index is 2.65. The average Bonchev–Trinajstić information content (AvgIpc) is 2.38. The summed E-state index contributed by atoms with van der Waals surface area (Å²) in [6, 6.07) is 3.30. The van der Waals surface area contributed by atoms with Crippen LogP contribution in [0.4, 0.5) is 33.7 Å². The summed E-state index contributed by atoms with van der Waals surface area (Å²) in [7, 11) is 0. The van der Waals surface area contributed by atoms with Crippen molar-refractivity contribution >= 4 is 23.4 Å². The highest BCUT2D eigenvalue weighted by Gasteiger charge is 2.27. The summed E-state index contributed by atoms with van der Waals surface area (Å²) in [6.07, 6.45) is -5.35. The average molecular weight is 366 g/mol. The number of halogens is 4. The third-order valence-electron chi connectivity index (χ3n) is 2.38. The summed E-state index contributed by atoms with van der Waals surface area (Å²) < 4.78 is 58.6. The monoisotopic (exact) mass is 366 g/mol. The van der Waals surface area contributed by atoms with E-state index >= 15 is 0 Å². The molecule has 1 aromatic rings. The number of anilines is 2. The summed E-state index contributed by atoms with van der Waals surface area (Å²) in [5.41, 5.74) is -0.937. The Morgan fingerprint density at radius 3 is 2.32 bits per heavy atom. The zero-order valence-electron chi connectivity index (χ0n) is 13.8. The first-order valence-corrected chi connectivity index (χ1v) is 7.09. The lowest BCUT2D eigenvalue weighted by molar-refractivity contribution is -0.174. The van der Waals surface area contributed by atoms with E-state index < -0.39 is 42.8 Å². The molecule has 0 spiro atoms. The Kier molecular flexibility index (Phi) is 6.74. The second kappa shape index (κ2) is 8.15. The Hall–Kier alpha value is -2.36. The first-order valence-electron chi connectivity index (χ1n) is 7.09. The normalized spacial score (nSPS) is 11.8. The van der Waals surface area contributed by atoms with Crippen molar-refractivity contribution < 1.29 is 36.6 Å². The van der Waals surface area contributed by atoms with Crippen molar-refractivity contribution in [1.29, 1.82) is 0 Å². The van der Waals surface area contributed by atoms with Crippen LogP contribution >= 0.6 is 0 Å². The van der Waals surface area contributed by atoms with Gasteiger partial charge in [0.05, 0.1) is 5.69 Å². The lowest BCUT2D eigenvalue weighted by Gasteiger charge is -2.19. The van der Waals surface area contributed by atoms with Gasteiger partial charge in [-0.3, -0.25) is 10.1 Å². The fourth-order valence-electron chi connectivity index (χ4n) is 1.57. The van der Waals surface area contributed by atoms with E-state index in [9.17, 15) is 27.2 Å². The predicted molar refractivity (Wildman–Crippen MR) is 81.8 cm³/mol. The molecule has 0 unspecified atom stereocenters.